The Hall–Kier alpha value is -1.38. The second kappa shape index (κ2) is 5.51. The normalized spacial score (nSPS) is 10.4. The van der Waals surface area contributed by atoms with E-state index in [1.54, 1.807) is 12.1 Å². The first kappa shape index (κ1) is 13.1. The topological polar surface area (TPSA) is 38.0 Å². The highest BCUT2D eigenvalue weighted by molar-refractivity contribution is 6.39. The number of rotatable bonds is 3. The van der Waals surface area contributed by atoms with Crippen molar-refractivity contribution in [2.45, 2.75) is 13.5 Å². The zero-order valence-electron chi connectivity index (χ0n) is 10.0. The largest absolute Gasteiger partial charge is 0.399 e. The molecule has 0 bridgehead atoms. The summed E-state index contributed by atoms with van der Waals surface area (Å²) < 4.78 is 0. The third-order valence-electron chi connectivity index (χ3n) is 2.62. The molecular formula is C14H14Cl2N2. The molecule has 0 aliphatic heterocycles. The third-order valence-corrected chi connectivity index (χ3v) is 3.21. The van der Waals surface area contributed by atoms with Crippen LogP contribution in [-0.2, 0) is 6.54 Å². The molecule has 0 aliphatic carbocycles. The van der Waals surface area contributed by atoms with Gasteiger partial charge in [-0.1, -0.05) is 53.0 Å². The Bertz CT molecular complexity index is 544. The Balaban J connectivity index is 2.16. The van der Waals surface area contributed by atoms with Crippen molar-refractivity contribution in [1.29, 1.82) is 0 Å². The lowest BCUT2D eigenvalue weighted by molar-refractivity contribution is 1.14. The summed E-state index contributed by atoms with van der Waals surface area (Å²) in [6.07, 6.45) is 0. The van der Waals surface area contributed by atoms with E-state index in [4.69, 9.17) is 28.9 Å². The highest BCUT2D eigenvalue weighted by Gasteiger charge is 2.06. The van der Waals surface area contributed by atoms with Gasteiger partial charge in [0, 0.05) is 12.2 Å². The maximum Gasteiger partial charge on any atom is 0.0723 e. The second-order valence-electron chi connectivity index (χ2n) is 4.20. The van der Waals surface area contributed by atoms with Crippen LogP contribution in [0.4, 0.5) is 11.4 Å². The van der Waals surface area contributed by atoms with Crippen molar-refractivity contribution in [3.63, 3.8) is 0 Å². The number of nitrogens with two attached hydrogens (primary N) is 1. The van der Waals surface area contributed by atoms with Gasteiger partial charge in [0.25, 0.3) is 0 Å². The molecule has 2 aromatic carbocycles. The van der Waals surface area contributed by atoms with Gasteiger partial charge in [0.1, 0.15) is 0 Å². The highest BCUT2D eigenvalue weighted by atomic mass is 35.5. The summed E-state index contributed by atoms with van der Waals surface area (Å²) in [6.45, 7) is 2.73. The summed E-state index contributed by atoms with van der Waals surface area (Å²) in [4.78, 5) is 0. The Kier molecular flexibility index (Phi) is 4.00. The Labute approximate surface area is 117 Å². The molecule has 0 unspecified atom stereocenters. The maximum atomic E-state index is 6.11. The van der Waals surface area contributed by atoms with Crippen LogP contribution >= 0.6 is 23.2 Å². The van der Waals surface area contributed by atoms with E-state index in [1.165, 1.54) is 11.1 Å². The number of nitrogen functional groups attached to an aromatic ring is 1. The number of hydrogen-bond donors (Lipinski definition) is 2. The fraction of sp³-hybridized carbons (Fsp3) is 0.143. The minimum absolute atomic E-state index is 0.535. The molecule has 0 saturated heterocycles. The zero-order chi connectivity index (χ0) is 13.1. The van der Waals surface area contributed by atoms with E-state index in [0.29, 0.717) is 28.0 Å². The van der Waals surface area contributed by atoms with E-state index >= 15 is 0 Å². The molecule has 0 fully saturated rings. The Morgan fingerprint density at radius 2 is 1.78 bits per heavy atom. The van der Waals surface area contributed by atoms with Gasteiger partial charge >= 0.3 is 0 Å². The molecule has 0 amide bonds. The van der Waals surface area contributed by atoms with Crippen LogP contribution in [0.1, 0.15) is 11.1 Å². The third kappa shape index (κ3) is 3.09. The molecule has 2 nitrogen and oxygen atoms in total. The molecule has 0 radical (unpaired) electrons. The minimum Gasteiger partial charge on any atom is -0.399 e. The van der Waals surface area contributed by atoms with E-state index in [2.05, 4.69) is 30.4 Å². The van der Waals surface area contributed by atoms with Gasteiger partial charge in [-0.3, -0.25) is 0 Å². The summed E-state index contributed by atoms with van der Waals surface area (Å²) in [6, 6.07) is 11.6. The van der Waals surface area contributed by atoms with E-state index in [-0.39, 0.29) is 0 Å². The predicted octanol–water partition coefficient (Wildman–Crippen LogP) is 4.50. The van der Waals surface area contributed by atoms with Gasteiger partial charge in [-0.2, -0.15) is 0 Å². The fourth-order valence-electron chi connectivity index (χ4n) is 1.77. The van der Waals surface area contributed by atoms with Crippen molar-refractivity contribution in [2.75, 3.05) is 11.1 Å². The van der Waals surface area contributed by atoms with Gasteiger partial charge < -0.3 is 11.1 Å². The van der Waals surface area contributed by atoms with Crippen LogP contribution in [0, 0.1) is 6.92 Å². The summed E-state index contributed by atoms with van der Waals surface area (Å²) in [5.74, 6) is 0. The van der Waals surface area contributed by atoms with Crippen molar-refractivity contribution in [3.05, 3.63) is 57.6 Å². The first-order chi connectivity index (χ1) is 8.56. The second-order valence-corrected chi connectivity index (χ2v) is 5.02. The molecule has 2 aromatic rings. The summed E-state index contributed by atoms with van der Waals surface area (Å²) in [5.41, 5.74) is 9.34. The van der Waals surface area contributed by atoms with Crippen LogP contribution in [0.25, 0.3) is 0 Å². The van der Waals surface area contributed by atoms with Gasteiger partial charge in [-0.05, 0) is 24.6 Å². The van der Waals surface area contributed by atoms with Crippen molar-refractivity contribution in [2.24, 2.45) is 0 Å². The van der Waals surface area contributed by atoms with Crippen LogP contribution in [-0.4, -0.2) is 0 Å². The first-order valence-electron chi connectivity index (χ1n) is 5.60. The minimum atomic E-state index is 0.535. The molecule has 3 N–H and O–H groups in total. The number of benzene rings is 2. The van der Waals surface area contributed by atoms with Crippen molar-refractivity contribution < 1.29 is 0 Å². The quantitative estimate of drug-likeness (QED) is 0.813. The van der Waals surface area contributed by atoms with E-state index in [1.807, 2.05) is 6.07 Å². The number of hydrogen-bond acceptors (Lipinski definition) is 2. The highest BCUT2D eigenvalue weighted by Crippen LogP contribution is 2.33. The van der Waals surface area contributed by atoms with Crippen molar-refractivity contribution in [3.8, 4) is 0 Å². The molecule has 0 saturated carbocycles. The lowest BCUT2D eigenvalue weighted by Crippen LogP contribution is -2.01. The monoisotopic (exact) mass is 280 g/mol. The number of aryl methyl sites for hydroxylation is 1. The molecule has 18 heavy (non-hydrogen) atoms. The van der Waals surface area contributed by atoms with Gasteiger partial charge in [-0.25, -0.2) is 0 Å². The van der Waals surface area contributed by atoms with Crippen molar-refractivity contribution >= 4 is 34.6 Å². The molecule has 0 heterocycles. The average molecular weight is 281 g/mol. The van der Waals surface area contributed by atoms with Gasteiger partial charge in [0.05, 0.1) is 15.7 Å². The molecule has 4 heteroatoms. The van der Waals surface area contributed by atoms with Gasteiger partial charge in [0.15, 0.2) is 0 Å². The van der Waals surface area contributed by atoms with Crippen LogP contribution in [0.2, 0.25) is 10.0 Å². The van der Waals surface area contributed by atoms with Crippen molar-refractivity contribution in [1.82, 2.24) is 0 Å². The van der Waals surface area contributed by atoms with Gasteiger partial charge in [-0.15, -0.1) is 0 Å². The molecule has 0 atom stereocenters. The fourth-order valence-corrected chi connectivity index (χ4v) is 2.41. The predicted molar refractivity (Wildman–Crippen MR) is 79.4 cm³/mol. The lowest BCUT2D eigenvalue weighted by Gasteiger charge is -2.11. The molecular weight excluding hydrogens is 267 g/mol. The summed E-state index contributed by atoms with van der Waals surface area (Å²) in [7, 11) is 0. The smallest absolute Gasteiger partial charge is 0.0723 e. The summed E-state index contributed by atoms with van der Waals surface area (Å²) >= 11 is 12.2. The van der Waals surface area contributed by atoms with Crippen LogP contribution < -0.4 is 11.1 Å². The number of anilines is 2. The molecule has 0 aliphatic rings. The van der Waals surface area contributed by atoms with E-state index in [0.717, 1.165) is 0 Å². The molecule has 94 valence electrons. The van der Waals surface area contributed by atoms with E-state index in [9.17, 15) is 0 Å². The van der Waals surface area contributed by atoms with Crippen LogP contribution in [0.3, 0.4) is 0 Å². The van der Waals surface area contributed by atoms with Crippen LogP contribution in [0.15, 0.2) is 36.4 Å². The summed E-state index contributed by atoms with van der Waals surface area (Å²) in [5, 5.41) is 4.30. The van der Waals surface area contributed by atoms with E-state index < -0.39 is 0 Å². The molecule has 0 spiro atoms. The molecule has 0 aromatic heterocycles. The first-order valence-corrected chi connectivity index (χ1v) is 6.36. The van der Waals surface area contributed by atoms with Gasteiger partial charge in [0.2, 0.25) is 0 Å². The van der Waals surface area contributed by atoms with Crippen LogP contribution in [0.5, 0.6) is 0 Å². The number of nitrogens with one attached hydrogen (secondary N) is 1. The lowest BCUT2D eigenvalue weighted by atomic mass is 10.1. The Morgan fingerprint density at radius 1 is 1.11 bits per heavy atom. The zero-order valence-corrected chi connectivity index (χ0v) is 11.5. The molecule has 2 rings (SSSR count). The maximum absolute atomic E-state index is 6.11. The SMILES string of the molecule is Cc1cccc(CNc2c(Cl)cc(N)cc2Cl)c1. The number of halogens is 2. The standard InChI is InChI=1S/C14H14Cl2N2/c1-9-3-2-4-10(5-9)8-18-14-12(15)6-11(17)7-13(14)16/h2-7,18H,8,17H2,1H3. The Morgan fingerprint density at radius 3 is 2.39 bits per heavy atom. The average Bonchev–Trinajstić information content (AvgIpc) is 2.27.